The molecule has 0 rings (SSSR count). The summed E-state index contributed by atoms with van der Waals surface area (Å²) in [6.07, 6.45) is 0.320. The predicted octanol–water partition coefficient (Wildman–Crippen LogP) is -0.0291. The molecule has 0 aromatic heterocycles. The number of hydrogen-bond donors (Lipinski definition) is 3. The fourth-order valence-electron chi connectivity index (χ4n) is 1.99. The zero-order valence-electron chi connectivity index (χ0n) is 10.6. The minimum Gasteiger partial charge on any atom is -0.481 e. The molecule has 0 fully saturated rings. The van der Waals surface area contributed by atoms with E-state index in [1.165, 1.54) is 20.9 Å². The summed E-state index contributed by atoms with van der Waals surface area (Å²) in [6, 6.07) is 0. The Morgan fingerprint density at radius 2 is 1.88 bits per heavy atom. The van der Waals surface area contributed by atoms with Crippen molar-refractivity contribution in [2.45, 2.75) is 27.2 Å². The molecule has 4 N–H and O–H groups in total. The Labute approximate surface area is 101 Å². The fraction of sp³-hybridized carbons (Fsp3) is 0.727. The minimum atomic E-state index is -1.50. The second-order valence-corrected chi connectivity index (χ2v) is 4.29. The Hall–Kier alpha value is -1.59. The maximum atomic E-state index is 11.7. The number of nitrogens with one attached hydrogen (secondary N) is 1. The average Bonchev–Trinajstić information content (AvgIpc) is 2.27. The lowest BCUT2D eigenvalue weighted by atomic mass is 9.66. The van der Waals surface area contributed by atoms with Gasteiger partial charge < -0.3 is 16.2 Å². The van der Waals surface area contributed by atoms with Crippen LogP contribution in [-0.4, -0.2) is 29.9 Å². The molecule has 0 aliphatic carbocycles. The normalized spacial score (nSPS) is 17.6. The van der Waals surface area contributed by atoms with E-state index < -0.39 is 35.0 Å². The highest BCUT2D eigenvalue weighted by atomic mass is 16.4. The molecule has 3 atom stereocenters. The van der Waals surface area contributed by atoms with E-state index in [9.17, 15) is 19.5 Å². The van der Waals surface area contributed by atoms with Crippen LogP contribution in [0.15, 0.2) is 0 Å². The van der Waals surface area contributed by atoms with Crippen LogP contribution in [-0.2, 0) is 14.4 Å². The van der Waals surface area contributed by atoms with E-state index in [1.807, 2.05) is 0 Å². The van der Waals surface area contributed by atoms with Gasteiger partial charge in [0.25, 0.3) is 0 Å². The SMILES string of the molecule is CC[C@H](C(=O)NC)C(C)(C(=O)O)C(C)C(N)=O. The van der Waals surface area contributed by atoms with Gasteiger partial charge in [0.05, 0.1) is 17.3 Å². The number of carbonyl (C=O) groups is 3. The van der Waals surface area contributed by atoms with Gasteiger partial charge in [-0.3, -0.25) is 14.4 Å². The number of nitrogens with two attached hydrogens (primary N) is 1. The Kier molecular flexibility index (Phi) is 5.12. The lowest BCUT2D eigenvalue weighted by molar-refractivity contribution is -0.162. The van der Waals surface area contributed by atoms with Gasteiger partial charge >= 0.3 is 5.97 Å². The van der Waals surface area contributed by atoms with Gasteiger partial charge in [0.2, 0.25) is 11.8 Å². The van der Waals surface area contributed by atoms with Crippen molar-refractivity contribution in [1.82, 2.24) is 5.32 Å². The summed E-state index contributed by atoms with van der Waals surface area (Å²) < 4.78 is 0. The van der Waals surface area contributed by atoms with E-state index in [4.69, 9.17) is 5.73 Å². The first-order valence-electron chi connectivity index (χ1n) is 5.47. The van der Waals surface area contributed by atoms with Crippen molar-refractivity contribution < 1.29 is 19.5 Å². The monoisotopic (exact) mass is 244 g/mol. The number of carbonyl (C=O) groups excluding carboxylic acids is 2. The van der Waals surface area contributed by atoms with Gasteiger partial charge in [0.15, 0.2) is 0 Å². The summed E-state index contributed by atoms with van der Waals surface area (Å²) in [7, 11) is 1.43. The van der Waals surface area contributed by atoms with Crippen molar-refractivity contribution in [2.75, 3.05) is 7.05 Å². The molecule has 0 bridgehead atoms. The van der Waals surface area contributed by atoms with E-state index in [-0.39, 0.29) is 0 Å². The first-order valence-corrected chi connectivity index (χ1v) is 5.47. The molecular formula is C11H20N2O4. The predicted molar refractivity (Wildman–Crippen MR) is 61.9 cm³/mol. The van der Waals surface area contributed by atoms with Gasteiger partial charge in [-0.05, 0) is 13.3 Å². The van der Waals surface area contributed by atoms with Crippen molar-refractivity contribution in [1.29, 1.82) is 0 Å². The Balaban J connectivity index is 5.53. The number of hydrogen-bond acceptors (Lipinski definition) is 3. The van der Waals surface area contributed by atoms with Crippen LogP contribution in [0.3, 0.4) is 0 Å². The van der Waals surface area contributed by atoms with E-state index >= 15 is 0 Å². The molecule has 0 heterocycles. The summed E-state index contributed by atoms with van der Waals surface area (Å²) in [6.45, 7) is 4.52. The third-order valence-corrected chi connectivity index (χ3v) is 3.48. The molecule has 98 valence electrons. The van der Waals surface area contributed by atoms with Crippen molar-refractivity contribution in [3.05, 3.63) is 0 Å². The number of carboxylic acids is 1. The fourth-order valence-corrected chi connectivity index (χ4v) is 1.99. The first-order chi connectivity index (χ1) is 7.73. The van der Waals surface area contributed by atoms with Crippen molar-refractivity contribution in [3.8, 4) is 0 Å². The second kappa shape index (κ2) is 5.65. The zero-order valence-corrected chi connectivity index (χ0v) is 10.6. The molecule has 17 heavy (non-hydrogen) atoms. The van der Waals surface area contributed by atoms with Crippen LogP contribution in [0.25, 0.3) is 0 Å². The average molecular weight is 244 g/mol. The lowest BCUT2D eigenvalue weighted by Gasteiger charge is -2.35. The molecule has 0 aliphatic heterocycles. The van der Waals surface area contributed by atoms with Crippen LogP contribution >= 0.6 is 0 Å². The topological polar surface area (TPSA) is 109 Å². The molecule has 2 amide bonds. The van der Waals surface area contributed by atoms with E-state index in [0.29, 0.717) is 6.42 Å². The quantitative estimate of drug-likeness (QED) is 0.609. The van der Waals surface area contributed by atoms with Gasteiger partial charge in [-0.25, -0.2) is 0 Å². The summed E-state index contributed by atoms with van der Waals surface area (Å²) in [5.74, 6) is -4.04. The van der Waals surface area contributed by atoms with Gasteiger partial charge in [0, 0.05) is 7.05 Å². The minimum absolute atomic E-state index is 0.320. The van der Waals surface area contributed by atoms with Crippen LogP contribution in [0.5, 0.6) is 0 Å². The molecule has 0 saturated carbocycles. The van der Waals surface area contributed by atoms with Gasteiger partial charge in [-0.15, -0.1) is 0 Å². The Morgan fingerprint density at radius 3 is 2.12 bits per heavy atom. The van der Waals surface area contributed by atoms with E-state index in [1.54, 1.807) is 6.92 Å². The first kappa shape index (κ1) is 15.4. The number of aliphatic carboxylic acids is 1. The van der Waals surface area contributed by atoms with E-state index in [0.717, 1.165) is 0 Å². The molecule has 0 aliphatic rings. The van der Waals surface area contributed by atoms with Crippen LogP contribution in [0, 0.1) is 17.3 Å². The van der Waals surface area contributed by atoms with Crippen LogP contribution in [0.2, 0.25) is 0 Å². The zero-order chi connectivity index (χ0) is 13.8. The van der Waals surface area contributed by atoms with Gasteiger partial charge in [-0.2, -0.15) is 0 Å². The third-order valence-electron chi connectivity index (χ3n) is 3.48. The number of amides is 2. The second-order valence-electron chi connectivity index (χ2n) is 4.29. The standard InChI is InChI=1S/C11H20N2O4/c1-5-7(9(15)13-4)11(3,10(16)17)6(2)8(12)14/h6-7H,5H2,1-4H3,(H2,12,14)(H,13,15)(H,16,17)/t6?,7-,11?/m1/s1. The smallest absolute Gasteiger partial charge is 0.310 e. The molecule has 0 aromatic carbocycles. The molecule has 6 heteroatoms. The van der Waals surface area contributed by atoms with Gasteiger partial charge in [-0.1, -0.05) is 13.8 Å². The van der Waals surface area contributed by atoms with E-state index in [2.05, 4.69) is 5.32 Å². The highest BCUT2D eigenvalue weighted by Gasteiger charge is 2.50. The summed E-state index contributed by atoms with van der Waals surface area (Å²) in [5, 5.41) is 11.7. The molecule has 0 aromatic rings. The lowest BCUT2D eigenvalue weighted by Crippen LogP contribution is -2.51. The largest absolute Gasteiger partial charge is 0.481 e. The Bertz CT molecular complexity index is 329. The van der Waals surface area contributed by atoms with Crippen molar-refractivity contribution in [3.63, 3.8) is 0 Å². The van der Waals surface area contributed by atoms with Gasteiger partial charge in [0.1, 0.15) is 0 Å². The number of carboxylic acid groups (broad SMARTS) is 1. The maximum absolute atomic E-state index is 11.7. The highest BCUT2D eigenvalue weighted by molar-refractivity contribution is 5.91. The van der Waals surface area contributed by atoms with Crippen molar-refractivity contribution >= 4 is 17.8 Å². The third kappa shape index (κ3) is 2.75. The number of rotatable bonds is 6. The summed E-state index contributed by atoms with van der Waals surface area (Å²) in [5.41, 5.74) is 3.66. The molecular weight excluding hydrogens is 224 g/mol. The molecule has 2 unspecified atom stereocenters. The molecule has 0 saturated heterocycles. The highest BCUT2D eigenvalue weighted by Crippen LogP contribution is 2.38. The molecule has 0 radical (unpaired) electrons. The molecule has 6 nitrogen and oxygen atoms in total. The van der Waals surface area contributed by atoms with Crippen LogP contribution < -0.4 is 11.1 Å². The Morgan fingerprint density at radius 1 is 1.41 bits per heavy atom. The number of primary amides is 1. The van der Waals surface area contributed by atoms with Crippen LogP contribution in [0.4, 0.5) is 0 Å². The maximum Gasteiger partial charge on any atom is 0.310 e. The summed E-state index contributed by atoms with van der Waals surface area (Å²) >= 11 is 0. The molecule has 0 spiro atoms. The van der Waals surface area contributed by atoms with Crippen LogP contribution in [0.1, 0.15) is 27.2 Å². The van der Waals surface area contributed by atoms with Crippen molar-refractivity contribution in [2.24, 2.45) is 23.0 Å². The summed E-state index contributed by atoms with van der Waals surface area (Å²) in [4.78, 5) is 34.3.